The predicted molar refractivity (Wildman–Crippen MR) is 82.1 cm³/mol. The molecule has 0 atom stereocenters. The zero-order valence-corrected chi connectivity index (χ0v) is 14.0. The van der Waals surface area contributed by atoms with Crippen LogP contribution in [0.2, 0.25) is 0 Å². The van der Waals surface area contributed by atoms with Gasteiger partial charge >= 0.3 is 0 Å². The van der Waals surface area contributed by atoms with Crippen molar-refractivity contribution in [1.82, 2.24) is 19.8 Å². The molecule has 21 heavy (non-hydrogen) atoms. The molecule has 0 radical (unpaired) electrons. The Hall–Kier alpha value is -0.670. The molecule has 2 heterocycles. The first-order chi connectivity index (χ1) is 9.49. The molecule has 1 aliphatic heterocycles. The van der Waals surface area contributed by atoms with Gasteiger partial charge in [0.1, 0.15) is 0 Å². The molecular weight excluding hydrogens is 316 g/mol. The maximum absolute atomic E-state index is 12.3. The lowest BCUT2D eigenvalue weighted by molar-refractivity contribution is 0.0577. The molecule has 0 bridgehead atoms. The minimum absolute atomic E-state index is 0. The summed E-state index contributed by atoms with van der Waals surface area (Å²) < 4.78 is 33.9. The van der Waals surface area contributed by atoms with E-state index in [1.54, 1.807) is 14.2 Å². The van der Waals surface area contributed by atoms with Crippen molar-refractivity contribution in [2.75, 3.05) is 33.4 Å². The monoisotopic (exact) mass is 338 g/mol. The number of sulfonamides is 1. The third kappa shape index (κ3) is 4.40. The van der Waals surface area contributed by atoms with Crippen molar-refractivity contribution in [2.45, 2.75) is 17.9 Å². The number of aromatic nitrogens is 2. The standard InChI is InChI=1S/C12H22N4O3S.ClH/c1-16-11(3-6-14-16)20(17,18)15-9-12(10-19-2)4-7-13-8-5-12;/h3,6,13,15H,4-5,7-10H2,1-2H3;1H. The van der Waals surface area contributed by atoms with Crippen LogP contribution in [-0.2, 0) is 21.8 Å². The van der Waals surface area contributed by atoms with Crippen molar-refractivity contribution in [3.8, 4) is 0 Å². The molecule has 7 nitrogen and oxygen atoms in total. The molecule has 9 heteroatoms. The van der Waals surface area contributed by atoms with E-state index in [4.69, 9.17) is 4.74 Å². The second-order valence-electron chi connectivity index (χ2n) is 5.30. The minimum atomic E-state index is -3.53. The summed E-state index contributed by atoms with van der Waals surface area (Å²) >= 11 is 0. The Labute approximate surface area is 131 Å². The van der Waals surface area contributed by atoms with E-state index < -0.39 is 10.0 Å². The predicted octanol–water partition coefficient (Wildman–Crippen LogP) is 0.136. The van der Waals surface area contributed by atoms with E-state index in [1.807, 2.05) is 0 Å². The largest absolute Gasteiger partial charge is 0.384 e. The second kappa shape index (κ2) is 7.55. The number of methoxy groups -OCH3 is 1. The lowest BCUT2D eigenvalue weighted by Gasteiger charge is -2.37. The molecule has 0 spiro atoms. The van der Waals surface area contributed by atoms with Crippen LogP contribution in [0, 0.1) is 5.41 Å². The van der Waals surface area contributed by atoms with Gasteiger partial charge in [0, 0.05) is 26.1 Å². The molecule has 122 valence electrons. The zero-order valence-electron chi connectivity index (χ0n) is 12.3. The summed E-state index contributed by atoms with van der Waals surface area (Å²) in [6.07, 6.45) is 3.27. The van der Waals surface area contributed by atoms with Gasteiger partial charge in [-0.15, -0.1) is 12.4 Å². The average Bonchev–Trinajstić information content (AvgIpc) is 2.85. The van der Waals surface area contributed by atoms with Gasteiger partial charge in [-0.05, 0) is 32.0 Å². The van der Waals surface area contributed by atoms with Crippen LogP contribution in [0.15, 0.2) is 17.3 Å². The van der Waals surface area contributed by atoms with Gasteiger partial charge in [-0.2, -0.15) is 5.10 Å². The van der Waals surface area contributed by atoms with Crippen molar-refractivity contribution in [1.29, 1.82) is 0 Å². The van der Waals surface area contributed by atoms with E-state index >= 15 is 0 Å². The highest BCUT2D eigenvalue weighted by atomic mass is 35.5. The van der Waals surface area contributed by atoms with E-state index in [1.165, 1.54) is 16.9 Å². The summed E-state index contributed by atoms with van der Waals surface area (Å²) in [6, 6.07) is 1.49. The zero-order chi connectivity index (χ0) is 14.6. The van der Waals surface area contributed by atoms with Crippen LogP contribution in [0.1, 0.15) is 12.8 Å². The Kier molecular flexibility index (Phi) is 6.61. The highest BCUT2D eigenvalue weighted by Crippen LogP contribution is 2.28. The number of aryl methyl sites for hydroxylation is 1. The van der Waals surface area contributed by atoms with Gasteiger partial charge in [0.2, 0.25) is 0 Å². The van der Waals surface area contributed by atoms with Crippen LogP contribution in [-0.4, -0.2) is 51.5 Å². The summed E-state index contributed by atoms with van der Waals surface area (Å²) in [5.41, 5.74) is -0.133. The van der Waals surface area contributed by atoms with Gasteiger partial charge in [0.05, 0.1) is 12.8 Å². The highest BCUT2D eigenvalue weighted by Gasteiger charge is 2.34. The third-order valence-electron chi connectivity index (χ3n) is 3.80. The normalized spacial score (nSPS) is 18.2. The molecular formula is C12H23ClN4O3S. The van der Waals surface area contributed by atoms with Gasteiger partial charge in [0.25, 0.3) is 10.0 Å². The lowest BCUT2D eigenvalue weighted by atomic mass is 9.80. The lowest BCUT2D eigenvalue weighted by Crippen LogP contribution is -2.47. The maximum atomic E-state index is 12.3. The van der Waals surface area contributed by atoms with E-state index in [2.05, 4.69) is 15.1 Å². The molecule has 1 aromatic rings. The third-order valence-corrected chi connectivity index (χ3v) is 5.28. The van der Waals surface area contributed by atoms with Gasteiger partial charge in [-0.3, -0.25) is 4.68 Å². The van der Waals surface area contributed by atoms with E-state index in [9.17, 15) is 8.42 Å². The average molecular weight is 339 g/mol. The Morgan fingerprint density at radius 1 is 1.48 bits per heavy atom. The fourth-order valence-electron chi connectivity index (χ4n) is 2.58. The first-order valence-electron chi connectivity index (χ1n) is 6.66. The second-order valence-corrected chi connectivity index (χ2v) is 7.01. The number of nitrogens with zero attached hydrogens (tertiary/aromatic N) is 2. The molecule has 2 N–H and O–H groups in total. The molecule has 0 amide bonds. The van der Waals surface area contributed by atoms with Crippen LogP contribution in [0.3, 0.4) is 0 Å². The molecule has 0 unspecified atom stereocenters. The Balaban J connectivity index is 0.00000220. The highest BCUT2D eigenvalue weighted by molar-refractivity contribution is 7.89. The first-order valence-corrected chi connectivity index (χ1v) is 8.15. The topological polar surface area (TPSA) is 85.2 Å². The summed E-state index contributed by atoms with van der Waals surface area (Å²) in [5.74, 6) is 0. The maximum Gasteiger partial charge on any atom is 0.257 e. The molecule has 1 fully saturated rings. The molecule has 1 saturated heterocycles. The summed E-state index contributed by atoms with van der Waals surface area (Å²) in [6.45, 7) is 2.71. The van der Waals surface area contributed by atoms with Gasteiger partial charge in [-0.25, -0.2) is 13.1 Å². The fraction of sp³-hybridized carbons (Fsp3) is 0.750. The minimum Gasteiger partial charge on any atom is -0.384 e. The fourth-order valence-corrected chi connectivity index (χ4v) is 3.86. The van der Waals surface area contributed by atoms with Crippen LogP contribution in [0.25, 0.3) is 0 Å². The number of rotatable bonds is 6. The summed E-state index contributed by atoms with van der Waals surface area (Å²) in [7, 11) is -0.262. The number of hydrogen-bond donors (Lipinski definition) is 2. The number of halogens is 1. The molecule has 1 aliphatic rings. The SMILES string of the molecule is COCC1(CNS(=O)(=O)c2ccnn2C)CCNCC1.Cl. The van der Waals surface area contributed by atoms with Gasteiger partial charge in [-0.1, -0.05) is 0 Å². The van der Waals surface area contributed by atoms with Crippen LogP contribution in [0.4, 0.5) is 0 Å². The molecule has 0 saturated carbocycles. The van der Waals surface area contributed by atoms with Crippen molar-refractivity contribution < 1.29 is 13.2 Å². The van der Waals surface area contributed by atoms with Crippen LogP contribution < -0.4 is 10.0 Å². The van der Waals surface area contributed by atoms with E-state index in [0.717, 1.165) is 25.9 Å². The Bertz CT molecular complexity index is 535. The molecule has 2 rings (SSSR count). The van der Waals surface area contributed by atoms with Crippen molar-refractivity contribution in [3.63, 3.8) is 0 Å². The Morgan fingerprint density at radius 2 is 2.14 bits per heavy atom. The number of hydrogen-bond acceptors (Lipinski definition) is 5. The quantitative estimate of drug-likeness (QED) is 0.770. The molecule has 0 aromatic carbocycles. The van der Waals surface area contributed by atoms with Gasteiger partial charge in [0.15, 0.2) is 5.03 Å². The van der Waals surface area contributed by atoms with Crippen molar-refractivity contribution in [3.05, 3.63) is 12.3 Å². The number of piperidine rings is 1. The van der Waals surface area contributed by atoms with Crippen molar-refractivity contribution >= 4 is 22.4 Å². The number of ether oxygens (including phenoxy) is 1. The molecule has 1 aromatic heterocycles. The smallest absolute Gasteiger partial charge is 0.257 e. The Morgan fingerprint density at radius 3 is 2.67 bits per heavy atom. The number of nitrogens with one attached hydrogen (secondary N) is 2. The molecule has 0 aliphatic carbocycles. The van der Waals surface area contributed by atoms with Crippen LogP contribution >= 0.6 is 12.4 Å². The first kappa shape index (κ1) is 18.4. The van der Waals surface area contributed by atoms with Crippen LogP contribution in [0.5, 0.6) is 0 Å². The van der Waals surface area contributed by atoms with E-state index in [0.29, 0.717) is 13.2 Å². The summed E-state index contributed by atoms with van der Waals surface area (Å²) in [5, 5.41) is 7.36. The van der Waals surface area contributed by atoms with Crippen molar-refractivity contribution in [2.24, 2.45) is 12.5 Å². The van der Waals surface area contributed by atoms with E-state index in [-0.39, 0.29) is 22.8 Å². The summed E-state index contributed by atoms with van der Waals surface area (Å²) in [4.78, 5) is 0. The van der Waals surface area contributed by atoms with Gasteiger partial charge < -0.3 is 10.1 Å².